The van der Waals surface area contributed by atoms with E-state index in [0.717, 1.165) is 36.4 Å². The van der Waals surface area contributed by atoms with Gasteiger partial charge in [0.05, 0.1) is 29.9 Å². The van der Waals surface area contributed by atoms with E-state index >= 15 is 0 Å². The number of halogens is 2. The third-order valence-corrected chi connectivity index (χ3v) is 7.44. The van der Waals surface area contributed by atoms with Gasteiger partial charge in [0.2, 0.25) is 0 Å². The van der Waals surface area contributed by atoms with Gasteiger partial charge in [0.25, 0.3) is 0 Å². The molecule has 0 unspecified atom stereocenters. The van der Waals surface area contributed by atoms with E-state index in [-0.39, 0.29) is 21.7 Å². The average Bonchev–Trinajstić information content (AvgIpc) is 3.16. The van der Waals surface area contributed by atoms with Gasteiger partial charge in [-0.3, -0.25) is 4.90 Å². The number of ether oxygens (including phenoxy) is 2. The Hall–Kier alpha value is -1.47. The van der Waals surface area contributed by atoms with Crippen molar-refractivity contribution in [2.45, 2.75) is 23.8 Å². The van der Waals surface area contributed by atoms with Crippen LogP contribution in [0.2, 0.25) is 10.0 Å². The van der Waals surface area contributed by atoms with Crippen LogP contribution in [-0.2, 0) is 9.84 Å². The van der Waals surface area contributed by atoms with Crippen LogP contribution in [0.1, 0.15) is 24.4 Å². The molecule has 0 aromatic heterocycles. The molecule has 0 bridgehead atoms. The molecule has 2 aromatic carbocycles. The second kappa shape index (κ2) is 8.91. The Labute approximate surface area is 176 Å². The molecule has 0 N–H and O–H groups in total. The minimum absolute atomic E-state index is 0.0319. The van der Waals surface area contributed by atoms with Crippen molar-refractivity contribution in [1.29, 1.82) is 0 Å². The highest BCUT2D eigenvalue weighted by atomic mass is 35.5. The van der Waals surface area contributed by atoms with Crippen LogP contribution in [0.25, 0.3) is 0 Å². The summed E-state index contributed by atoms with van der Waals surface area (Å²) in [5.41, 5.74) is 1.01. The lowest BCUT2D eigenvalue weighted by molar-refractivity contribution is 0.264. The first kappa shape index (κ1) is 21.2. The zero-order chi connectivity index (χ0) is 20.3. The van der Waals surface area contributed by atoms with Crippen molar-refractivity contribution in [2.24, 2.45) is 0 Å². The van der Waals surface area contributed by atoms with Crippen molar-refractivity contribution < 1.29 is 17.9 Å². The quantitative estimate of drug-likeness (QED) is 0.624. The van der Waals surface area contributed by atoms with Gasteiger partial charge in [0.1, 0.15) is 11.5 Å². The van der Waals surface area contributed by atoms with E-state index in [1.807, 2.05) is 18.2 Å². The van der Waals surface area contributed by atoms with E-state index < -0.39 is 9.84 Å². The van der Waals surface area contributed by atoms with Gasteiger partial charge in [-0.2, -0.15) is 0 Å². The molecule has 2 aromatic rings. The molecular formula is C20H23Cl2NO4S. The molecule has 0 amide bonds. The van der Waals surface area contributed by atoms with Gasteiger partial charge in [-0.25, -0.2) is 8.42 Å². The summed E-state index contributed by atoms with van der Waals surface area (Å²) in [6.07, 6.45) is 1.92. The third-order valence-electron chi connectivity index (χ3n) is 5.04. The molecule has 28 heavy (non-hydrogen) atoms. The lowest BCUT2D eigenvalue weighted by Crippen LogP contribution is -2.29. The van der Waals surface area contributed by atoms with Crippen molar-refractivity contribution >= 4 is 33.0 Å². The lowest BCUT2D eigenvalue weighted by atomic mass is 10.0. The van der Waals surface area contributed by atoms with Crippen LogP contribution in [-0.4, -0.2) is 46.4 Å². The number of hydrogen-bond donors (Lipinski definition) is 0. The topological polar surface area (TPSA) is 55.8 Å². The summed E-state index contributed by atoms with van der Waals surface area (Å²) >= 11 is 12.0. The smallest absolute Gasteiger partial charge is 0.181 e. The van der Waals surface area contributed by atoms with Gasteiger partial charge in [0.15, 0.2) is 9.84 Å². The first-order valence-corrected chi connectivity index (χ1v) is 11.4. The molecule has 3 rings (SSSR count). The number of methoxy groups -OCH3 is 2. The highest BCUT2D eigenvalue weighted by Crippen LogP contribution is 2.39. The van der Waals surface area contributed by atoms with Crippen molar-refractivity contribution in [2.75, 3.05) is 33.1 Å². The predicted octanol–water partition coefficient (Wildman–Crippen LogP) is 4.62. The van der Waals surface area contributed by atoms with Crippen LogP contribution < -0.4 is 9.47 Å². The summed E-state index contributed by atoms with van der Waals surface area (Å²) in [6.45, 7) is 1.22. The Kier molecular flexibility index (Phi) is 6.76. The second-order valence-electron chi connectivity index (χ2n) is 6.70. The van der Waals surface area contributed by atoms with Gasteiger partial charge in [-0.1, -0.05) is 23.2 Å². The fraction of sp³-hybridized carbons (Fsp3) is 0.400. The fourth-order valence-corrected chi connectivity index (χ4v) is 5.68. The largest absolute Gasteiger partial charge is 0.497 e. The van der Waals surface area contributed by atoms with Crippen molar-refractivity contribution in [3.63, 3.8) is 0 Å². The third kappa shape index (κ3) is 4.57. The molecule has 0 saturated carbocycles. The summed E-state index contributed by atoms with van der Waals surface area (Å²) in [5.74, 6) is 1.50. The maximum atomic E-state index is 12.8. The fourth-order valence-electron chi connectivity index (χ4n) is 3.61. The van der Waals surface area contributed by atoms with Crippen LogP contribution in [0.4, 0.5) is 0 Å². The van der Waals surface area contributed by atoms with E-state index in [2.05, 4.69) is 4.90 Å². The number of benzene rings is 2. The summed E-state index contributed by atoms with van der Waals surface area (Å²) in [6, 6.07) is 10.3. The van der Waals surface area contributed by atoms with E-state index in [1.54, 1.807) is 20.3 Å². The summed E-state index contributed by atoms with van der Waals surface area (Å²) in [7, 11) is -0.290. The van der Waals surface area contributed by atoms with Gasteiger partial charge in [-0.05, 0) is 55.8 Å². The number of hydrogen-bond acceptors (Lipinski definition) is 5. The van der Waals surface area contributed by atoms with E-state index in [4.69, 9.17) is 32.7 Å². The molecule has 0 aliphatic carbocycles. The maximum Gasteiger partial charge on any atom is 0.181 e. The van der Waals surface area contributed by atoms with Gasteiger partial charge in [-0.15, -0.1) is 0 Å². The van der Waals surface area contributed by atoms with Crippen LogP contribution in [0.5, 0.6) is 11.5 Å². The van der Waals surface area contributed by atoms with Gasteiger partial charge in [0, 0.05) is 23.2 Å². The van der Waals surface area contributed by atoms with Crippen LogP contribution in [0.15, 0.2) is 41.3 Å². The molecular weight excluding hydrogens is 421 g/mol. The summed E-state index contributed by atoms with van der Waals surface area (Å²) in [5, 5.41) is 0.542. The molecule has 152 valence electrons. The highest BCUT2D eigenvalue weighted by molar-refractivity contribution is 7.91. The van der Waals surface area contributed by atoms with Crippen LogP contribution in [0.3, 0.4) is 0 Å². The number of nitrogens with zero attached hydrogens (tertiary/aromatic N) is 1. The standard InChI is InChI=1S/C20H23Cl2NO4S/c1-26-15-6-8-19(27-2)16(13-15)18-4-3-9-23(18)10-11-28(24,25)20-12-14(21)5-7-17(20)22/h5-8,12-13,18H,3-4,9-11H2,1-2H3/t18-/m0/s1. The Morgan fingerprint density at radius 1 is 1.11 bits per heavy atom. The van der Waals surface area contributed by atoms with E-state index in [9.17, 15) is 8.42 Å². The molecule has 8 heteroatoms. The second-order valence-corrected chi connectivity index (χ2v) is 9.62. The maximum absolute atomic E-state index is 12.8. The molecule has 0 spiro atoms. The zero-order valence-electron chi connectivity index (χ0n) is 15.8. The van der Waals surface area contributed by atoms with Crippen LogP contribution >= 0.6 is 23.2 Å². The van der Waals surface area contributed by atoms with E-state index in [0.29, 0.717) is 11.6 Å². The van der Waals surface area contributed by atoms with Crippen molar-refractivity contribution in [3.8, 4) is 11.5 Å². The number of sulfone groups is 1. The Morgan fingerprint density at radius 2 is 1.89 bits per heavy atom. The molecule has 1 fully saturated rings. The molecule has 1 aliphatic heterocycles. The minimum Gasteiger partial charge on any atom is -0.497 e. The van der Waals surface area contributed by atoms with Crippen molar-refractivity contribution in [1.82, 2.24) is 4.90 Å². The van der Waals surface area contributed by atoms with Crippen molar-refractivity contribution in [3.05, 3.63) is 52.0 Å². The normalized spacial score (nSPS) is 17.6. The Bertz CT molecular complexity index is 949. The molecule has 1 heterocycles. The zero-order valence-corrected chi connectivity index (χ0v) is 18.1. The molecule has 0 radical (unpaired) electrons. The monoisotopic (exact) mass is 443 g/mol. The predicted molar refractivity (Wildman–Crippen MR) is 112 cm³/mol. The number of likely N-dealkylation sites (tertiary alicyclic amines) is 1. The molecule has 5 nitrogen and oxygen atoms in total. The first-order valence-electron chi connectivity index (χ1n) is 8.99. The molecule has 1 atom stereocenters. The minimum atomic E-state index is -3.55. The van der Waals surface area contributed by atoms with Crippen LogP contribution in [0, 0.1) is 0 Å². The molecule has 1 aliphatic rings. The summed E-state index contributed by atoms with van der Waals surface area (Å²) in [4.78, 5) is 2.25. The van der Waals surface area contributed by atoms with E-state index in [1.165, 1.54) is 12.1 Å². The Morgan fingerprint density at radius 3 is 2.61 bits per heavy atom. The first-order chi connectivity index (χ1) is 13.4. The Balaban J connectivity index is 1.80. The number of rotatable bonds is 7. The lowest BCUT2D eigenvalue weighted by Gasteiger charge is -2.26. The SMILES string of the molecule is COc1ccc(OC)c([C@@H]2CCCN2CCS(=O)(=O)c2cc(Cl)ccc2Cl)c1. The highest BCUT2D eigenvalue weighted by Gasteiger charge is 2.30. The van der Waals surface area contributed by atoms with Gasteiger partial charge >= 0.3 is 0 Å². The average molecular weight is 444 g/mol. The molecule has 1 saturated heterocycles. The summed E-state index contributed by atoms with van der Waals surface area (Å²) < 4.78 is 36.5. The van der Waals surface area contributed by atoms with Gasteiger partial charge < -0.3 is 9.47 Å².